The SMILES string of the molecule is CC1CN2CCOC2(C)O1. The lowest BCUT2D eigenvalue weighted by Crippen LogP contribution is -2.36. The molecule has 0 spiro atoms. The van der Waals surface area contributed by atoms with Gasteiger partial charge in [0, 0.05) is 20.0 Å². The Morgan fingerprint density at radius 1 is 1.60 bits per heavy atom. The lowest BCUT2D eigenvalue weighted by molar-refractivity contribution is -0.229. The van der Waals surface area contributed by atoms with Crippen LogP contribution in [-0.2, 0) is 9.47 Å². The maximum atomic E-state index is 5.58. The van der Waals surface area contributed by atoms with Gasteiger partial charge in [0.1, 0.15) is 0 Å². The molecular weight excluding hydrogens is 130 g/mol. The van der Waals surface area contributed by atoms with Gasteiger partial charge in [0.2, 0.25) is 5.91 Å². The second kappa shape index (κ2) is 1.94. The molecule has 2 rings (SSSR count). The van der Waals surface area contributed by atoms with E-state index in [1.54, 1.807) is 0 Å². The summed E-state index contributed by atoms with van der Waals surface area (Å²) in [6, 6.07) is 0. The molecule has 2 heterocycles. The molecule has 3 heteroatoms. The molecule has 2 saturated heterocycles. The highest BCUT2D eigenvalue weighted by molar-refractivity contribution is 4.82. The van der Waals surface area contributed by atoms with E-state index in [1.807, 2.05) is 6.92 Å². The minimum absolute atomic E-state index is 0.324. The van der Waals surface area contributed by atoms with Crippen molar-refractivity contribution in [1.82, 2.24) is 4.90 Å². The van der Waals surface area contributed by atoms with Crippen LogP contribution in [0, 0.1) is 0 Å². The Kier molecular flexibility index (Phi) is 1.27. The van der Waals surface area contributed by atoms with Crippen LogP contribution in [0.4, 0.5) is 0 Å². The molecule has 2 unspecified atom stereocenters. The minimum Gasteiger partial charge on any atom is -0.336 e. The molecule has 0 aromatic rings. The van der Waals surface area contributed by atoms with E-state index in [0.29, 0.717) is 6.10 Å². The van der Waals surface area contributed by atoms with Crippen molar-refractivity contribution in [1.29, 1.82) is 0 Å². The zero-order chi connectivity index (χ0) is 7.19. The maximum Gasteiger partial charge on any atom is 0.227 e. The molecule has 2 fully saturated rings. The van der Waals surface area contributed by atoms with Crippen LogP contribution < -0.4 is 0 Å². The first-order valence-corrected chi connectivity index (χ1v) is 3.77. The fourth-order valence-corrected chi connectivity index (χ4v) is 1.73. The zero-order valence-corrected chi connectivity index (χ0v) is 6.46. The molecule has 0 amide bonds. The molecule has 2 aliphatic heterocycles. The molecule has 0 aliphatic carbocycles. The first-order chi connectivity index (χ1) is 4.71. The Labute approximate surface area is 60.9 Å². The molecular formula is C7H13NO2. The van der Waals surface area contributed by atoms with Crippen LogP contribution in [0.1, 0.15) is 13.8 Å². The zero-order valence-electron chi connectivity index (χ0n) is 6.46. The van der Waals surface area contributed by atoms with E-state index in [-0.39, 0.29) is 5.91 Å². The molecule has 58 valence electrons. The second-order valence-electron chi connectivity index (χ2n) is 3.12. The van der Waals surface area contributed by atoms with Crippen molar-refractivity contribution in [2.24, 2.45) is 0 Å². The third-order valence-corrected chi connectivity index (χ3v) is 2.20. The third kappa shape index (κ3) is 0.779. The summed E-state index contributed by atoms with van der Waals surface area (Å²) in [5.74, 6) is -0.389. The van der Waals surface area contributed by atoms with Crippen LogP contribution in [0.15, 0.2) is 0 Å². The summed E-state index contributed by atoms with van der Waals surface area (Å²) >= 11 is 0. The van der Waals surface area contributed by atoms with Gasteiger partial charge in [0.05, 0.1) is 12.7 Å². The van der Waals surface area contributed by atoms with Gasteiger partial charge >= 0.3 is 0 Å². The van der Waals surface area contributed by atoms with Gasteiger partial charge in [-0.15, -0.1) is 0 Å². The average molecular weight is 143 g/mol. The Morgan fingerprint density at radius 3 is 3.10 bits per heavy atom. The molecule has 2 atom stereocenters. The molecule has 3 nitrogen and oxygen atoms in total. The summed E-state index contributed by atoms with van der Waals surface area (Å²) < 4.78 is 11.0. The van der Waals surface area contributed by atoms with Crippen LogP contribution >= 0.6 is 0 Å². The standard InChI is InChI=1S/C7H13NO2/c1-6-5-8-3-4-9-7(8,2)10-6/h6H,3-5H2,1-2H3. The van der Waals surface area contributed by atoms with Crippen LogP contribution in [0.3, 0.4) is 0 Å². The van der Waals surface area contributed by atoms with Gasteiger partial charge in [-0.05, 0) is 6.92 Å². The lowest BCUT2D eigenvalue weighted by Gasteiger charge is -2.23. The van der Waals surface area contributed by atoms with Crippen LogP contribution in [0.5, 0.6) is 0 Å². The highest BCUT2D eigenvalue weighted by atomic mass is 16.7. The number of hydrogen-bond donors (Lipinski definition) is 0. The van der Waals surface area contributed by atoms with Gasteiger partial charge in [-0.1, -0.05) is 0 Å². The monoisotopic (exact) mass is 143 g/mol. The van der Waals surface area contributed by atoms with Crippen molar-refractivity contribution in [3.63, 3.8) is 0 Å². The van der Waals surface area contributed by atoms with Gasteiger partial charge in [0.25, 0.3) is 0 Å². The normalized spacial score (nSPS) is 48.0. The number of hydrogen-bond acceptors (Lipinski definition) is 3. The van der Waals surface area contributed by atoms with E-state index in [0.717, 1.165) is 19.7 Å². The largest absolute Gasteiger partial charge is 0.336 e. The summed E-state index contributed by atoms with van der Waals surface area (Å²) in [5.41, 5.74) is 0. The Bertz CT molecular complexity index is 151. The Balaban J connectivity index is 2.15. The van der Waals surface area contributed by atoms with E-state index in [4.69, 9.17) is 9.47 Å². The molecule has 10 heavy (non-hydrogen) atoms. The predicted molar refractivity (Wildman–Crippen MR) is 36.5 cm³/mol. The summed E-state index contributed by atoms with van der Waals surface area (Å²) in [4.78, 5) is 2.23. The van der Waals surface area contributed by atoms with Gasteiger partial charge in [-0.3, -0.25) is 0 Å². The number of nitrogens with zero attached hydrogens (tertiary/aromatic N) is 1. The summed E-state index contributed by atoms with van der Waals surface area (Å²) in [5, 5.41) is 0. The summed E-state index contributed by atoms with van der Waals surface area (Å²) in [6.07, 6.45) is 0.324. The van der Waals surface area contributed by atoms with E-state index in [2.05, 4.69) is 11.8 Å². The van der Waals surface area contributed by atoms with Crippen molar-refractivity contribution in [3.8, 4) is 0 Å². The van der Waals surface area contributed by atoms with E-state index in [1.165, 1.54) is 0 Å². The lowest BCUT2D eigenvalue weighted by atomic mass is 10.4. The van der Waals surface area contributed by atoms with Crippen molar-refractivity contribution in [3.05, 3.63) is 0 Å². The maximum absolute atomic E-state index is 5.58. The molecule has 0 aromatic heterocycles. The van der Waals surface area contributed by atoms with Crippen molar-refractivity contribution in [2.45, 2.75) is 25.9 Å². The van der Waals surface area contributed by atoms with Crippen molar-refractivity contribution in [2.75, 3.05) is 19.7 Å². The van der Waals surface area contributed by atoms with E-state index < -0.39 is 0 Å². The number of fused-ring (bicyclic) bond motifs is 1. The molecule has 0 aromatic carbocycles. The molecule has 0 radical (unpaired) electrons. The fourth-order valence-electron chi connectivity index (χ4n) is 1.73. The van der Waals surface area contributed by atoms with E-state index in [9.17, 15) is 0 Å². The van der Waals surface area contributed by atoms with E-state index >= 15 is 0 Å². The van der Waals surface area contributed by atoms with Gasteiger partial charge in [-0.2, -0.15) is 0 Å². The van der Waals surface area contributed by atoms with Crippen molar-refractivity contribution < 1.29 is 9.47 Å². The summed E-state index contributed by atoms with van der Waals surface area (Å²) in [6.45, 7) is 6.90. The van der Waals surface area contributed by atoms with Crippen LogP contribution in [0.25, 0.3) is 0 Å². The average Bonchev–Trinajstić information content (AvgIpc) is 2.20. The topological polar surface area (TPSA) is 21.7 Å². The Hall–Kier alpha value is -0.120. The number of ether oxygens (including phenoxy) is 2. The molecule has 0 bridgehead atoms. The smallest absolute Gasteiger partial charge is 0.227 e. The van der Waals surface area contributed by atoms with Gasteiger partial charge in [0.15, 0.2) is 0 Å². The van der Waals surface area contributed by atoms with Gasteiger partial charge < -0.3 is 9.47 Å². The Morgan fingerprint density at radius 2 is 2.40 bits per heavy atom. The van der Waals surface area contributed by atoms with Crippen molar-refractivity contribution >= 4 is 0 Å². The van der Waals surface area contributed by atoms with Gasteiger partial charge in [-0.25, -0.2) is 4.90 Å². The first-order valence-electron chi connectivity index (χ1n) is 3.77. The fraction of sp³-hybridized carbons (Fsp3) is 1.00. The molecule has 0 saturated carbocycles. The summed E-state index contributed by atoms with van der Waals surface area (Å²) in [7, 11) is 0. The molecule has 2 aliphatic rings. The quantitative estimate of drug-likeness (QED) is 0.490. The third-order valence-electron chi connectivity index (χ3n) is 2.20. The first kappa shape index (κ1) is 6.58. The predicted octanol–water partition coefficient (Wildman–Crippen LogP) is 0.411. The molecule has 0 N–H and O–H groups in total. The highest BCUT2D eigenvalue weighted by Crippen LogP contribution is 2.31. The van der Waals surface area contributed by atoms with Crippen LogP contribution in [-0.4, -0.2) is 36.6 Å². The minimum atomic E-state index is -0.389. The second-order valence-corrected chi connectivity index (χ2v) is 3.12. The highest BCUT2D eigenvalue weighted by Gasteiger charge is 2.46. The van der Waals surface area contributed by atoms with Crippen LogP contribution in [0.2, 0.25) is 0 Å². The number of rotatable bonds is 0.